The lowest BCUT2D eigenvalue weighted by Gasteiger charge is -2.22. The predicted molar refractivity (Wildman–Crippen MR) is 115 cm³/mol. The number of carbonyl (C=O) groups excluding carboxylic acids is 1. The molecule has 0 aliphatic heterocycles. The SMILES string of the molecule is CCCCCC(C)(O)C/C=C/[C@@H]1CCC(=O)[C@@H]1CCS(=O)(=O)c1nc(C(=O)O)cs1. The van der Waals surface area contributed by atoms with Gasteiger partial charge in [0.15, 0.2) is 5.69 Å². The molecule has 0 saturated heterocycles. The molecule has 0 bridgehead atoms. The van der Waals surface area contributed by atoms with Gasteiger partial charge in [-0.25, -0.2) is 18.2 Å². The van der Waals surface area contributed by atoms with Crippen LogP contribution in [0.25, 0.3) is 0 Å². The van der Waals surface area contributed by atoms with Crippen LogP contribution in [0.1, 0.15) is 75.7 Å². The van der Waals surface area contributed by atoms with Crippen molar-refractivity contribution in [1.29, 1.82) is 0 Å². The van der Waals surface area contributed by atoms with Gasteiger partial charge in [-0.15, -0.1) is 11.3 Å². The van der Waals surface area contributed by atoms with Gasteiger partial charge in [-0.1, -0.05) is 38.3 Å². The van der Waals surface area contributed by atoms with E-state index >= 15 is 0 Å². The molecular weight excluding hydrogens is 426 g/mol. The summed E-state index contributed by atoms with van der Waals surface area (Å²) in [4.78, 5) is 26.9. The predicted octanol–water partition coefficient (Wildman–Crippen LogP) is 3.88. The summed E-state index contributed by atoms with van der Waals surface area (Å²) in [6.45, 7) is 3.93. The topological polar surface area (TPSA) is 122 Å². The minimum atomic E-state index is -3.74. The van der Waals surface area contributed by atoms with Gasteiger partial charge in [0.1, 0.15) is 5.78 Å². The van der Waals surface area contributed by atoms with E-state index in [1.165, 1.54) is 5.38 Å². The number of nitrogens with zero attached hydrogens (tertiary/aromatic N) is 1. The number of sulfone groups is 1. The molecule has 0 radical (unpaired) electrons. The molecule has 7 nitrogen and oxygen atoms in total. The summed E-state index contributed by atoms with van der Waals surface area (Å²) in [5.74, 6) is -1.87. The first-order valence-corrected chi connectivity index (χ1v) is 12.9. The van der Waals surface area contributed by atoms with E-state index < -0.39 is 21.4 Å². The van der Waals surface area contributed by atoms with Gasteiger partial charge in [-0.05, 0) is 38.5 Å². The Morgan fingerprint density at radius 3 is 2.77 bits per heavy atom. The molecule has 0 aromatic carbocycles. The number of unbranched alkanes of at least 4 members (excludes halogenated alkanes) is 2. The van der Waals surface area contributed by atoms with Gasteiger partial charge in [-0.2, -0.15) is 0 Å². The second-order valence-corrected chi connectivity index (χ2v) is 11.4. The van der Waals surface area contributed by atoms with Crippen LogP contribution >= 0.6 is 11.3 Å². The Balaban J connectivity index is 1.95. The lowest BCUT2D eigenvalue weighted by atomic mass is 9.90. The molecular formula is C21H31NO6S2. The van der Waals surface area contributed by atoms with Crippen LogP contribution in [0.3, 0.4) is 0 Å². The number of carboxylic acid groups (broad SMARTS) is 1. The fraction of sp³-hybridized carbons (Fsp3) is 0.667. The number of hydrogen-bond donors (Lipinski definition) is 2. The fourth-order valence-corrected chi connectivity index (χ4v) is 6.24. The normalized spacial score (nSPS) is 21.9. The third-order valence-electron chi connectivity index (χ3n) is 5.58. The second-order valence-electron chi connectivity index (χ2n) is 8.27. The van der Waals surface area contributed by atoms with Crippen molar-refractivity contribution >= 4 is 32.9 Å². The molecule has 1 fully saturated rings. The van der Waals surface area contributed by atoms with E-state index in [4.69, 9.17) is 5.11 Å². The highest BCUT2D eigenvalue weighted by atomic mass is 32.2. The summed E-state index contributed by atoms with van der Waals surface area (Å²) < 4.78 is 24.8. The zero-order valence-electron chi connectivity index (χ0n) is 17.5. The van der Waals surface area contributed by atoms with Crippen LogP contribution in [0.2, 0.25) is 0 Å². The molecule has 1 heterocycles. The largest absolute Gasteiger partial charge is 0.476 e. The average Bonchev–Trinajstić information content (AvgIpc) is 3.28. The first-order valence-electron chi connectivity index (χ1n) is 10.4. The summed E-state index contributed by atoms with van der Waals surface area (Å²) in [6, 6.07) is 0. The van der Waals surface area contributed by atoms with E-state index in [1.807, 2.05) is 19.1 Å². The fourth-order valence-electron chi connectivity index (χ4n) is 3.76. The minimum Gasteiger partial charge on any atom is -0.476 e. The van der Waals surface area contributed by atoms with E-state index in [1.54, 1.807) is 0 Å². The molecule has 2 rings (SSSR count). The Morgan fingerprint density at radius 1 is 1.40 bits per heavy atom. The number of allylic oxidation sites excluding steroid dienone is 1. The van der Waals surface area contributed by atoms with Crippen LogP contribution in [-0.2, 0) is 14.6 Å². The highest BCUT2D eigenvalue weighted by Gasteiger charge is 2.34. The molecule has 3 atom stereocenters. The number of ketones is 1. The van der Waals surface area contributed by atoms with E-state index in [0.29, 0.717) is 19.3 Å². The zero-order chi connectivity index (χ0) is 22.4. The van der Waals surface area contributed by atoms with Gasteiger partial charge in [0.05, 0.1) is 11.4 Å². The molecule has 168 valence electrons. The van der Waals surface area contributed by atoms with Crippen LogP contribution < -0.4 is 0 Å². The van der Waals surface area contributed by atoms with Crippen LogP contribution in [0, 0.1) is 11.8 Å². The van der Waals surface area contributed by atoms with Crippen LogP contribution in [0.4, 0.5) is 0 Å². The summed E-state index contributed by atoms with van der Waals surface area (Å²) in [6.07, 6.45) is 9.53. The van der Waals surface area contributed by atoms with Crippen molar-refractivity contribution in [2.24, 2.45) is 11.8 Å². The number of carbonyl (C=O) groups is 2. The number of aromatic nitrogens is 1. The molecule has 1 aromatic rings. The van der Waals surface area contributed by atoms with Crippen molar-refractivity contribution < 1.29 is 28.2 Å². The molecule has 0 spiro atoms. The van der Waals surface area contributed by atoms with Crippen LogP contribution in [0.5, 0.6) is 0 Å². The standard InChI is InChI=1S/C21H31NO6S2/c1-3-4-5-11-21(2,26)12-6-7-15-8-9-18(23)16(15)10-13-30(27,28)20-22-17(14-29-20)19(24)25/h6-7,14-16,26H,3-5,8-13H2,1-2H3,(H,24,25)/b7-6+/t15-,16-,21?/m1/s1. The van der Waals surface area contributed by atoms with Crippen molar-refractivity contribution in [3.05, 3.63) is 23.2 Å². The van der Waals surface area contributed by atoms with Gasteiger partial charge >= 0.3 is 5.97 Å². The van der Waals surface area contributed by atoms with Crippen molar-refractivity contribution in [1.82, 2.24) is 4.98 Å². The summed E-state index contributed by atoms with van der Waals surface area (Å²) in [5, 5.41) is 20.6. The third kappa shape index (κ3) is 6.99. The van der Waals surface area contributed by atoms with Crippen molar-refractivity contribution in [2.75, 3.05) is 5.75 Å². The van der Waals surface area contributed by atoms with Crippen LogP contribution in [0.15, 0.2) is 21.9 Å². The molecule has 9 heteroatoms. The van der Waals surface area contributed by atoms with Crippen molar-refractivity contribution in [2.45, 2.75) is 75.2 Å². The summed E-state index contributed by atoms with van der Waals surface area (Å²) >= 11 is 0.787. The van der Waals surface area contributed by atoms with Crippen molar-refractivity contribution in [3.8, 4) is 0 Å². The molecule has 0 amide bonds. The Morgan fingerprint density at radius 2 is 2.13 bits per heavy atom. The zero-order valence-corrected chi connectivity index (χ0v) is 19.2. The van der Waals surface area contributed by atoms with E-state index in [9.17, 15) is 23.1 Å². The summed E-state index contributed by atoms with van der Waals surface area (Å²) in [5.41, 5.74) is -1.07. The minimum absolute atomic E-state index is 0.0370. The van der Waals surface area contributed by atoms with E-state index in [-0.39, 0.29) is 39.8 Å². The highest BCUT2D eigenvalue weighted by molar-refractivity contribution is 7.93. The molecule has 1 aliphatic carbocycles. The number of carboxylic acids is 1. The molecule has 2 N–H and O–H groups in total. The maximum Gasteiger partial charge on any atom is 0.355 e. The summed E-state index contributed by atoms with van der Waals surface area (Å²) in [7, 11) is -3.74. The average molecular weight is 458 g/mol. The van der Waals surface area contributed by atoms with Crippen LogP contribution in [-0.4, -0.2) is 46.7 Å². The number of aromatic carboxylic acids is 1. The maximum atomic E-state index is 12.5. The first-order chi connectivity index (χ1) is 14.1. The van der Waals surface area contributed by atoms with Gasteiger partial charge in [0, 0.05) is 17.7 Å². The molecule has 1 aliphatic rings. The monoisotopic (exact) mass is 457 g/mol. The van der Waals surface area contributed by atoms with Gasteiger partial charge < -0.3 is 10.2 Å². The van der Waals surface area contributed by atoms with Crippen molar-refractivity contribution in [3.63, 3.8) is 0 Å². The molecule has 1 aromatic heterocycles. The van der Waals surface area contributed by atoms with E-state index in [2.05, 4.69) is 11.9 Å². The Hall–Kier alpha value is -1.58. The molecule has 1 unspecified atom stereocenters. The van der Waals surface area contributed by atoms with Gasteiger partial charge in [0.2, 0.25) is 14.2 Å². The number of hydrogen-bond acceptors (Lipinski definition) is 7. The quantitative estimate of drug-likeness (QED) is 0.361. The smallest absolute Gasteiger partial charge is 0.355 e. The number of thiazole rings is 1. The molecule has 1 saturated carbocycles. The van der Waals surface area contributed by atoms with Gasteiger partial charge in [0.25, 0.3) is 0 Å². The first kappa shape index (κ1) is 24.7. The Labute approximate surface area is 182 Å². The van der Waals surface area contributed by atoms with Gasteiger partial charge in [-0.3, -0.25) is 4.79 Å². The highest BCUT2D eigenvalue weighted by Crippen LogP contribution is 2.34. The lowest BCUT2D eigenvalue weighted by molar-refractivity contribution is -0.121. The Bertz CT molecular complexity index is 872. The second kappa shape index (κ2) is 10.6. The number of aliphatic hydroxyl groups is 1. The van der Waals surface area contributed by atoms with E-state index in [0.717, 1.165) is 37.0 Å². The maximum absolute atomic E-state index is 12.5. The molecule has 30 heavy (non-hydrogen) atoms. The number of Topliss-reactive ketones (excluding diaryl/α,β-unsaturated/α-hetero) is 1. The number of rotatable bonds is 12. The lowest BCUT2D eigenvalue weighted by Crippen LogP contribution is -2.23. The Kier molecular flexibility index (Phi) is 8.75. The third-order valence-corrected chi connectivity index (χ3v) is 8.66.